The van der Waals surface area contributed by atoms with Crippen molar-refractivity contribution in [2.75, 3.05) is 12.3 Å². The first-order valence-corrected chi connectivity index (χ1v) is 5.57. The van der Waals surface area contributed by atoms with Gasteiger partial charge in [-0.25, -0.2) is 4.79 Å². The fourth-order valence-corrected chi connectivity index (χ4v) is 1.30. The van der Waals surface area contributed by atoms with Gasteiger partial charge in [0.05, 0.1) is 4.92 Å². The Bertz CT molecular complexity index is 493. The van der Waals surface area contributed by atoms with E-state index in [0.717, 1.165) is 0 Å². The van der Waals surface area contributed by atoms with E-state index >= 15 is 0 Å². The molecule has 19 heavy (non-hydrogen) atoms. The van der Waals surface area contributed by atoms with Crippen molar-refractivity contribution in [2.24, 2.45) is 0 Å². The summed E-state index contributed by atoms with van der Waals surface area (Å²) in [6.07, 6.45) is 0. The molecule has 0 saturated heterocycles. The summed E-state index contributed by atoms with van der Waals surface area (Å²) < 4.78 is 10.2. The Morgan fingerprint density at radius 1 is 1.42 bits per heavy atom. The maximum Gasteiger partial charge on any atom is 0.344 e. The molecule has 7 nitrogen and oxygen atoms in total. The van der Waals surface area contributed by atoms with Gasteiger partial charge in [0.25, 0.3) is 5.69 Å². The van der Waals surface area contributed by atoms with Crippen molar-refractivity contribution in [3.05, 3.63) is 28.3 Å². The molecule has 7 heteroatoms. The second kappa shape index (κ2) is 5.55. The van der Waals surface area contributed by atoms with Gasteiger partial charge in [-0.15, -0.1) is 0 Å². The maximum absolute atomic E-state index is 11.4. The van der Waals surface area contributed by atoms with E-state index in [1.807, 2.05) is 0 Å². The Morgan fingerprint density at radius 3 is 2.53 bits per heavy atom. The summed E-state index contributed by atoms with van der Waals surface area (Å²) >= 11 is 0. The summed E-state index contributed by atoms with van der Waals surface area (Å²) in [5.41, 5.74) is 4.68. The fraction of sp³-hybridized carbons (Fsp3) is 0.417. The molecule has 0 spiro atoms. The first-order chi connectivity index (χ1) is 8.69. The van der Waals surface area contributed by atoms with Gasteiger partial charge in [-0.2, -0.15) is 0 Å². The van der Waals surface area contributed by atoms with Gasteiger partial charge in [-0.3, -0.25) is 10.1 Å². The summed E-state index contributed by atoms with van der Waals surface area (Å²) in [4.78, 5) is 21.4. The maximum atomic E-state index is 11.4. The number of nitro groups is 1. The van der Waals surface area contributed by atoms with Crippen LogP contribution in [0.2, 0.25) is 0 Å². The van der Waals surface area contributed by atoms with Crippen molar-refractivity contribution in [3.63, 3.8) is 0 Å². The third-order valence-electron chi connectivity index (χ3n) is 1.97. The van der Waals surface area contributed by atoms with Crippen LogP contribution in [0, 0.1) is 10.1 Å². The molecule has 104 valence electrons. The number of hydrogen-bond acceptors (Lipinski definition) is 6. The van der Waals surface area contributed by atoms with Crippen LogP contribution >= 0.6 is 0 Å². The van der Waals surface area contributed by atoms with Gasteiger partial charge in [0.1, 0.15) is 17.0 Å². The van der Waals surface area contributed by atoms with Gasteiger partial charge in [-0.05, 0) is 26.8 Å². The molecular formula is C12H16N2O5. The SMILES string of the molecule is CC(C)(C)OC(=O)COc1ccc([N+](=O)[O-])c(N)c1. The van der Waals surface area contributed by atoms with Gasteiger partial charge in [0, 0.05) is 12.1 Å². The average Bonchev–Trinajstić information content (AvgIpc) is 2.23. The third-order valence-corrected chi connectivity index (χ3v) is 1.97. The van der Waals surface area contributed by atoms with Crippen molar-refractivity contribution in [3.8, 4) is 5.75 Å². The number of nitrogens with two attached hydrogens (primary N) is 1. The highest BCUT2D eigenvalue weighted by atomic mass is 16.6. The minimum Gasteiger partial charge on any atom is -0.482 e. The number of esters is 1. The summed E-state index contributed by atoms with van der Waals surface area (Å²) in [6.45, 7) is 4.95. The molecule has 0 radical (unpaired) electrons. The minimum atomic E-state index is -0.590. The largest absolute Gasteiger partial charge is 0.482 e. The number of ether oxygens (including phenoxy) is 2. The van der Waals surface area contributed by atoms with Crippen LogP contribution in [-0.2, 0) is 9.53 Å². The van der Waals surface area contributed by atoms with Crippen LogP contribution in [0.25, 0.3) is 0 Å². The fourth-order valence-electron chi connectivity index (χ4n) is 1.30. The van der Waals surface area contributed by atoms with E-state index in [1.54, 1.807) is 20.8 Å². The molecule has 1 rings (SSSR count). The molecule has 0 aliphatic rings. The molecular weight excluding hydrogens is 252 g/mol. The van der Waals surface area contributed by atoms with Gasteiger partial charge >= 0.3 is 5.97 Å². The molecule has 1 aromatic carbocycles. The summed E-state index contributed by atoms with van der Waals surface area (Å²) in [5.74, 6) is -0.251. The van der Waals surface area contributed by atoms with Gasteiger partial charge in [0.2, 0.25) is 0 Å². The molecule has 0 bridgehead atoms. The number of nitrogens with zero attached hydrogens (tertiary/aromatic N) is 1. The van der Waals surface area contributed by atoms with Crippen molar-refractivity contribution >= 4 is 17.3 Å². The number of anilines is 1. The predicted molar refractivity (Wildman–Crippen MR) is 68.8 cm³/mol. The molecule has 0 unspecified atom stereocenters. The number of nitro benzene ring substituents is 1. The minimum absolute atomic E-state index is 0.0216. The Morgan fingerprint density at radius 2 is 2.05 bits per heavy atom. The highest BCUT2D eigenvalue weighted by Crippen LogP contribution is 2.25. The van der Waals surface area contributed by atoms with Gasteiger partial charge in [0.15, 0.2) is 6.61 Å². The average molecular weight is 268 g/mol. The molecule has 0 fully saturated rings. The van der Waals surface area contributed by atoms with E-state index in [9.17, 15) is 14.9 Å². The number of benzene rings is 1. The van der Waals surface area contributed by atoms with Crippen LogP contribution in [0.1, 0.15) is 20.8 Å². The van der Waals surface area contributed by atoms with E-state index in [4.69, 9.17) is 15.2 Å². The predicted octanol–water partition coefficient (Wildman–Crippen LogP) is 1.90. The Balaban J connectivity index is 2.62. The standard InChI is InChI=1S/C12H16N2O5/c1-12(2,3)19-11(15)7-18-8-4-5-10(14(16)17)9(13)6-8/h4-6H,7,13H2,1-3H3. The first-order valence-electron chi connectivity index (χ1n) is 5.57. The molecule has 0 aliphatic heterocycles. The van der Waals surface area contributed by atoms with Gasteiger partial charge in [-0.1, -0.05) is 0 Å². The number of carbonyl (C=O) groups excluding carboxylic acids is 1. The number of hydrogen-bond donors (Lipinski definition) is 1. The monoisotopic (exact) mass is 268 g/mol. The van der Waals surface area contributed by atoms with Crippen LogP contribution in [0.15, 0.2) is 18.2 Å². The molecule has 0 amide bonds. The number of nitrogen functional groups attached to an aromatic ring is 1. The quantitative estimate of drug-likeness (QED) is 0.387. The van der Waals surface area contributed by atoms with Crippen LogP contribution in [0.3, 0.4) is 0 Å². The zero-order valence-corrected chi connectivity index (χ0v) is 11.0. The Kier molecular flexibility index (Phi) is 4.31. The van der Waals surface area contributed by atoms with Crippen molar-refractivity contribution in [1.82, 2.24) is 0 Å². The van der Waals surface area contributed by atoms with Gasteiger partial charge < -0.3 is 15.2 Å². The molecule has 1 aromatic rings. The number of carbonyl (C=O) groups is 1. The van der Waals surface area contributed by atoms with E-state index in [2.05, 4.69) is 0 Å². The zero-order valence-electron chi connectivity index (χ0n) is 11.0. The second-order valence-corrected chi connectivity index (χ2v) is 4.85. The molecule has 0 saturated carbocycles. The summed E-state index contributed by atoms with van der Waals surface area (Å²) in [7, 11) is 0. The first kappa shape index (κ1) is 14.7. The molecule has 0 atom stereocenters. The lowest BCUT2D eigenvalue weighted by atomic mass is 10.2. The summed E-state index contributed by atoms with van der Waals surface area (Å²) in [5, 5.41) is 10.6. The number of rotatable bonds is 4. The van der Waals surface area contributed by atoms with Crippen molar-refractivity contribution in [1.29, 1.82) is 0 Å². The van der Waals surface area contributed by atoms with Crippen LogP contribution in [-0.4, -0.2) is 23.1 Å². The lowest BCUT2D eigenvalue weighted by Gasteiger charge is -2.19. The van der Waals surface area contributed by atoms with E-state index < -0.39 is 16.5 Å². The van der Waals surface area contributed by atoms with Crippen LogP contribution in [0.4, 0.5) is 11.4 Å². The Hall–Kier alpha value is -2.31. The van der Waals surface area contributed by atoms with Crippen LogP contribution < -0.4 is 10.5 Å². The van der Waals surface area contributed by atoms with Crippen molar-refractivity contribution in [2.45, 2.75) is 26.4 Å². The lowest BCUT2D eigenvalue weighted by molar-refractivity contribution is -0.383. The Labute approximate surface area is 110 Å². The van der Waals surface area contributed by atoms with Crippen LogP contribution in [0.5, 0.6) is 5.75 Å². The molecule has 0 heterocycles. The second-order valence-electron chi connectivity index (χ2n) is 4.85. The highest BCUT2D eigenvalue weighted by molar-refractivity contribution is 5.71. The highest BCUT2D eigenvalue weighted by Gasteiger charge is 2.17. The summed E-state index contributed by atoms with van der Waals surface area (Å²) in [6, 6.07) is 3.89. The third kappa shape index (κ3) is 4.82. The normalized spacial score (nSPS) is 10.9. The van der Waals surface area contributed by atoms with E-state index in [0.29, 0.717) is 0 Å². The molecule has 0 aromatic heterocycles. The molecule has 2 N–H and O–H groups in total. The topological polar surface area (TPSA) is 105 Å². The van der Waals surface area contributed by atoms with E-state index in [-0.39, 0.29) is 23.7 Å². The van der Waals surface area contributed by atoms with E-state index in [1.165, 1.54) is 18.2 Å². The smallest absolute Gasteiger partial charge is 0.344 e. The molecule has 0 aliphatic carbocycles. The van der Waals surface area contributed by atoms with Crippen molar-refractivity contribution < 1.29 is 19.2 Å². The zero-order chi connectivity index (χ0) is 14.6. The lowest BCUT2D eigenvalue weighted by Crippen LogP contribution is -2.27.